The predicted molar refractivity (Wildman–Crippen MR) is 100.0 cm³/mol. The summed E-state index contributed by atoms with van der Waals surface area (Å²) in [6.07, 6.45) is 0. The molecule has 0 aliphatic carbocycles. The van der Waals surface area contributed by atoms with Gasteiger partial charge >= 0.3 is 5.97 Å². The maximum atomic E-state index is 13.6. The van der Waals surface area contributed by atoms with Crippen molar-refractivity contribution in [3.8, 4) is 0 Å². The van der Waals surface area contributed by atoms with Gasteiger partial charge in [-0.05, 0) is 18.6 Å². The van der Waals surface area contributed by atoms with Crippen LogP contribution < -0.4 is 5.32 Å². The molecule has 0 aliphatic heterocycles. The van der Waals surface area contributed by atoms with E-state index in [1.54, 1.807) is 0 Å². The number of nitrogens with zero attached hydrogens (tertiary/aromatic N) is 1. The van der Waals surface area contributed by atoms with Gasteiger partial charge in [0, 0.05) is 17.9 Å². The van der Waals surface area contributed by atoms with Crippen molar-refractivity contribution in [3.05, 3.63) is 69.5 Å². The molecule has 1 amide bonds. The monoisotopic (exact) mass is 392 g/mol. The highest BCUT2D eigenvalue weighted by Crippen LogP contribution is 2.21. The highest BCUT2D eigenvalue weighted by atomic mass is 32.2. The number of thioether (sulfide) groups is 1. The van der Waals surface area contributed by atoms with Gasteiger partial charge in [0.2, 0.25) is 0 Å². The molecule has 0 spiro atoms. The average Bonchev–Trinajstić information content (AvgIpc) is 2.63. The Hall–Kier alpha value is -2.94. The third-order valence-electron chi connectivity index (χ3n) is 3.41. The Labute approximate surface area is 159 Å². The second kappa shape index (κ2) is 9.67. The summed E-state index contributed by atoms with van der Waals surface area (Å²) in [5, 5.41) is 12.8. The molecule has 0 unspecified atom stereocenters. The number of non-ortho nitro benzene ring substituents is 1. The molecule has 27 heavy (non-hydrogen) atoms. The smallest absolute Gasteiger partial charge is 0.316 e. The van der Waals surface area contributed by atoms with Crippen molar-refractivity contribution in [3.63, 3.8) is 0 Å². The van der Waals surface area contributed by atoms with Crippen LogP contribution in [-0.4, -0.2) is 29.2 Å². The number of carbonyl (C=O) groups is 2. The van der Waals surface area contributed by atoms with Crippen molar-refractivity contribution in [2.45, 2.75) is 12.7 Å². The number of nitro groups is 1. The van der Waals surface area contributed by atoms with Gasteiger partial charge in [-0.25, -0.2) is 4.39 Å². The lowest BCUT2D eigenvalue weighted by atomic mass is 10.2. The summed E-state index contributed by atoms with van der Waals surface area (Å²) in [5.41, 5.74) is 1.50. The molecule has 2 aromatic rings. The van der Waals surface area contributed by atoms with Gasteiger partial charge in [0.05, 0.1) is 16.4 Å². The molecule has 2 rings (SSSR count). The zero-order valence-corrected chi connectivity index (χ0v) is 15.3. The minimum atomic E-state index is -0.825. The number of nitrogens with one attached hydrogen (secondary N) is 1. The number of nitro benzene ring substituents is 1. The fourth-order valence-corrected chi connectivity index (χ4v) is 2.81. The number of esters is 1. The van der Waals surface area contributed by atoms with Crippen LogP contribution in [0.5, 0.6) is 0 Å². The molecule has 0 aliphatic rings. The molecule has 0 saturated heterocycles. The van der Waals surface area contributed by atoms with Crippen LogP contribution in [0.1, 0.15) is 11.1 Å². The number of carbonyl (C=O) groups excluding carboxylic acids is 2. The first kappa shape index (κ1) is 20.4. The lowest BCUT2D eigenvalue weighted by Gasteiger charge is -2.07. The van der Waals surface area contributed by atoms with Crippen LogP contribution in [0.3, 0.4) is 0 Å². The normalized spacial score (nSPS) is 10.3. The number of rotatable bonds is 8. The molecule has 0 aromatic heterocycles. The van der Waals surface area contributed by atoms with E-state index in [2.05, 4.69) is 5.32 Å². The van der Waals surface area contributed by atoms with E-state index in [4.69, 9.17) is 4.74 Å². The lowest BCUT2D eigenvalue weighted by Crippen LogP contribution is -2.22. The molecule has 1 N–H and O–H groups in total. The summed E-state index contributed by atoms with van der Waals surface area (Å²) in [4.78, 5) is 33.4. The maximum Gasteiger partial charge on any atom is 0.316 e. The lowest BCUT2D eigenvalue weighted by molar-refractivity contribution is -0.384. The maximum absolute atomic E-state index is 13.6. The van der Waals surface area contributed by atoms with Crippen LogP contribution in [0, 0.1) is 22.9 Å². The number of aryl methyl sites for hydroxylation is 1. The quantitative estimate of drug-likeness (QED) is 0.420. The Bertz CT molecular complexity index is 842. The molecule has 0 heterocycles. The van der Waals surface area contributed by atoms with Gasteiger partial charge in [0.1, 0.15) is 5.82 Å². The van der Waals surface area contributed by atoms with Crippen molar-refractivity contribution >= 4 is 35.0 Å². The first-order chi connectivity index (χ1) is 12.8. The number of hydrogen-bond acceptors (Lipinski definition) is 6. The summed E-state index contributed by atoms with van der Waals surface area (Å²) in [6, 6.07) is 10.6. The van der Waals surface area contributed by atoms with Gasteiger partial charge < -0.3 is 10.1 Å². The number of benzene rings is 2. The summed E-state index contributed by atoms with van der Waals surface area (Å²) < 4.78 is 18.4. The van der Waals surface area contributed by atoms with Crippen molar-refractivity contribution in [1.29, 1.82) is 0 Å². The van der Waals surface area contributed by atoms with E-state index in [1.807, 2.05) is 31.2 Å². The van der Waals surface area contributed by atoms with E-state index in [0.29, 0.717) is 5.75 Å². The summed E-state index contributed by atoms with van der Waals surface area (Å²) >= 11 is 1.34. The topological polar surface area (TPSA) is 98.5 Å². The third-order valence-corrected chi connectivity index (χ3v) is 4.39. The second-order valence-electron chi connectivity index (χ2n) is 5.61. The average molecular weight is 392 g/mol. The Morgan fingerprint density at radius 2 is 1.93 bits per heavy atom. The third kappa shape index (κ3) is 6.70. The fourth-order valence-electron chi connectivity index (χ4n) is 2.03. The predicted octanol–water partition coefficient (Wildman–Crippen LogP) is 3.46. The number of amides is 1. The van der Waals surface area contributed by atoms with E-state index in [0.717, 1.165) is 29.3 Å². The molecular formula is C18H17FN2O5S. The molecule has 0 radical (unpaired) electrons. The number of halogens is 1. The van der Waals surface area contributed by atoms with Crippen LogP contribution in [0.4, 0.5) is 15.8 Å². The molecule has 0 saturated carbocycles. The van der Waals surface area contributed by atoms with Crippen molar-refractivity contribution in [2.24, 2.45) is 0 Å². The van der Waals surface area contributed by atoms with E-state index < -0.39 is 29.2 Å². The SMILES string of the molecule is Cc1ccc(CSCC(=O)OCC(=O)Nc2cc([N+](=O)[O-])ccc2F)cc1. The van der Waals surface area contributed by atoms with Crippen LogP contribution in [0.2, 0.25) is 0 Å². The first-order valence-electron chi connectivity index (χ1n) is 7.88. The van der Waals surface area contributed by atoms with E-state index in [-0.39, 0.29) is 17.1 Å². The Kier molecular flexibility index (Phi) is 7.30. The molecule has 2 aromatic carbocycles. The van der Waals surface area contributed by atoms with Gasteiger partial charge in [-0.1, -0.05) is 29.8 Å². The number of hydrogen-bond donors (Lipinski definition) is 1. The number of ether oxygens (including phenoxy) is 1. The molecule has 7 nitrogen and oxygen atoms in total. The second-order valence-corrected chi connectivity index (χ2v) is 6.59. The van der Waals surface area contributed by atoms with Crippen molar-refractivity contribution < 1.29 is 23.6 Å². The largest absolute Gasteiger partial charge is 0.455 e. The molecule has 0 bridgehead atoms. The number of anilines is 1. The van der Waals surface area contributed by atoms with Gasteiger partial charge in [-0.3, -0.25) is 19.7 Å². The Morgan fingerprint density at radius 3 is 2.59 bits per heavy atom. The summed E-state index contributed by atoms with van der Waals surface area (Å²) in [7, 11) is 0. The van der Waals surface area contributed by atoms with Crippen LogP contribution >= 0.6 is 11.8 Å². The highest BCUT2D eigenvalue weighted by molar-refractivity contribution is 7.99. The Balaban J connectivity index is 1.75. The van der Waals surface area contributed by atoms with Gasteiger partial charge in [0.15, 0.2) is 6.61 Å². The zero-order chi connectivity index (χ0) is 19.8. The van der Waals surface area contributed by atoms with Crippen molar-refractivity contribution in [2.75, 3.05) is 17.7 Å². The molecule has 0 fully saturated rings. The molecular weight excluding hydrogens is 375 g/mol. The molecule has 9 heteroatoms. The van der Waals surface area contributed by atoms with Gasteiger partial charge in [-0.2, -0.15) is 0 Å². The van der Waals surface area contributed by atoms with Crippen LogP contribution in [0.25, 0.3) is 0 Å². The highest BCUT2D eigenvalue weighted by Gasteiger charge is 2.14. The first-order valence-corrected chi connectivity index (χ1v) is 9.03. The van der Waals surface area contributed by atoms with Crippen LogP contribution in [-0.2, 0) is 20.1 Å². The molecule has 142 valence electrons. The van der Waals surface area contributed by atoms with Gasteiger partial charge in [0.25, 0.3) is 11.6 Å². The van der Waals surface area contributed by atoms with E-state index >= 15 is 0 Å². The minimum Gasteiger partial charge on any atom is -0.455 e. The fraction of sp³-hybridized carbons (Fsp3) is 0.222. The van der Waals surface area contributed by atoms with E-state index in [1.165, 1.54) is 11.8 Å². The van der Waals surface area contributed by atoms with E-state index in [9.17, 15) is 24.1 Å². The minimum absolute atomic E-state index is 0.0618. The molecule has 0 atom stereocenters. The summed E-state index contributed by atoms with van der Waals surface area (Å²) in [6.45, 7) is 1.38. The zero-order valence-electron chi connectivity index (χ0n) is 14.4. The van der Waals surface area contributed by atoms with Crippen LogP contribution in [0.15, 0.2) is 42.5 Å². The van der Waals surface area contributed by atoms with Gasteiger partial charge in [-0.15, -0.1) is 11.8 Å². The summed E-state index contributed by atoms with van der Waals surface area (Å²) in [5.74, 6) is -1.51. The van der Waals surface area contributed by atoms with Crippen molar-refractivity contribution in [1.82, 2.24) is 0 Å². The standard InChI is InChI=1S/C18H17FN2O5S/c1-12-2-4-13(5-3-12)10-27-11-18(23)26-9-17(22)20-16-8-14(21(24)25)6-7-15(16)19/h2-8H,9-11H2,1H3,(H,20,22). The Morgan fingerprint density at radius 1 is 1.22 bits per heavy atom.